The molecule has 0 spiro atoms. The Balaban J connectivity index is 2.13. The minimum Gasteiger partial charge on any atom is -0.379 e. The molecule has 0 radical (unpaired) electrons. The molecule has 0 amide bonds. The first-order chi connectivity index (χ1) is 8.52. The van der Waals surface area contributed by atoms with Crippen molar-refractivity contribution < 1.29 is 13.2 Å². The molecule has 0 aromatic carbocycles. The Morgan fingerprint density at radius 3 is 2.56 bits per heavy atom. The first-order valence-corrected chi connectivity index (χ1v) is 8.03. The summed E-state index contributed by atoms with van der Waals surface area (Å²) in [6.07, 6.45) is 1.92. The molecule has 1 aliphatic rings. The normalized spacial score (nSPS) is 18.4. The lowest BCUT2D eigenvalue weighted by molar-refractivity contribution is 0.0762. The second-order valence-electron chi connectivity index (χ2n) is 4.68. The Bertz CT molecular complexity index is 313. The quantitative estimate of drug-likeness (QED) is 0.610. The zero-order valence-electron chi connectivity index (χ0n) is 11.3. The number of ether oxygens (including phenoxy) is 1. The Morgan fingerprint density at radius 1 is 1.28 bits per heavy atom. The van der Waals surface area contributed by atoms with E-state index in [9.17, 15) is 8.42 Å². The smallest absolute Gasteiger partial charge is 0.279 e. The van der Waals surface area contributed by atoms with E-state index in [2.05, 4.69) is 10.0 Å². The second kappa shape index (κ2) is 8.06. The average Bonchev–Trinajstić information content (AvgIpc) is 2.34. The lowest BCUT2D eigenvalue weighted by atomic mass is 10.3. The van der Waals surface area contributed by atoms with Gasteiger partial charge in [0.25, 0.3) is 10.2 Å². The lowest BCUT2D eigenvalue weighted by Crippen LogP contribution is -2.50. The van der Waals surface area contributed by atoms with E-state index in [1.54, 1.807) is 0 Å². The van der Waals surface area contributed by atoms with Crippen molar-refractivity contribution in [3.05, 3.63) is 0 Å². The fraction of sp³-hybridized carbons (Fsp3) is 1.00. The van der Waals surface area contributed by atoms with Crippen molar-refractivity contribution >= 4 is 10.2 Å². The number of nitrogens with zero attached hydrogens (tertiary/aromatic N) is 1. The molecule has 0 aromatic heterocycles. The van der Waals surface area contributed by atoms with Gasteiger partial charge in [0.05, 0.1) is 6.10 Å². The van der Waals surface area contributed by atoms with Crippen LogP contribution in [0.3, 0.4) is 0 Å². The third-order valence-corrected chi connectivity index (χ3v) is 4.34. The maximum atomic E-state index is 11.9. The van der Waals surface area contributed by atoms with Crippen LogP contribution < -0.4 is 10.0 Å². The molecule has 6 nitrogen and oxygen atoms in total. The van der Waals surface area contributed by atoms with Gasteiger partial charge in [0.1, 0.15) is 0 Å². The average molecular weight is 279 g/mol. The Kier molecular flexibility index (Phi) is 7.10. The number of rotatable bonds is 8. The first kappa shape index (κ1) is 15.8. The van der Waals surface area contributed by atoms with Crippen LogP contribution >= 0.6 is 0 Å². The van der Waals surface area contributed by atoms with Gasteiger partial charge in [0.15, 0.2) is 0 Å². The Labute approximate surface area is 110 Å². The van der Waals surface area contributed by atoms with Crippen molar-refractivity contribution in [3.63, 3.8) is 0 Å². The predicted octanol–water partition coefficient (Wildman–Crippen LogP) is -0.0688. The second-order valence-corrected chi connectivity index (χ2v) is 6.43. The van der Waals surface area contributed by atoms with E-state index in [0.29, 0.717) is 26.2 Å². The van der Waals surface area contributed by atoms with Gasteiger partial charge in [-0.15, -0.1) is 0 Å². The van der Waals surface area contributed by atoms with Crippen molar-refractivity contribution in [1.82, 2.24) is 14.3 Å². The van der Waals surface area contributed by atoms with Gasteiger partial charge >= 0.3 is 0 Å². The Morgan fingerprint density at radius 2 is 1.94 bits per heavy atom. The minimum absolute atomic E-state index is 0.238. The molecule has 18 heavy (non-hydrogen) atoms. The van der Waals surface area contributed by atoms with Crippen molar-refractivity contribution in [2.75, 3.05) is 39.3 Å². The van der Waals surface area contributed by atoms with Crippen molar-refractivity contribution in [2.45, 2.75) is 32.8 Å². The highest BCUT2D eigenvalue weighted by Crippen LogP contribution is 2.00. The van der Waals surface area contributed by atoms with E-state index in [-0.39, 0.29) is 6.10 Å². The van der Waals surface area contributed by atoms with E-state index >= 15 is 0 Å². The van der Waals surface area contributed by atoms with Gasteiger partial charge in [-0.2, -0.15) is 12.7 Å². The van der Waals surface area contributed by atoms with Gasteiger partial charge in [-0.05, 0) is 26.7 Å². The summed E-state index contributed by atoms with van der Waals surface area (Å²) >= 11 is 0. The molecule has 1 heterocycles. The molecular formula is C11H25N3O3S. The summed E-state index contributed by atoms with van der Waals surface area (Å²) in [7, 11) is -3.28. The summed E-state index contributed by atoms with van der Waals surface area (Å²) < 4.78 is 33.3. The molecule has 1 saturated heterocycles. The molecule has 7 heteroatoms. The number of unbranched alkanes of at least 4 members (excludes halogenated alkanes) is 1. The topological polar surface area (TPSA) is 70.7 Å². The Hall–Kier alpha value is -0.210. The van der Waals surface area contributed by atoms with Gasteiger partial charge in [-0.1, -0.05) is 0 Å². The minimum atomic E-state index is -3.28. The standard InChI is InChI=1S/C11H25N3O3S/c1-11(2)17-10-4-3-5-13-18(15,16)14-8-6-12-7-9-14/h11-13H,3-10H2,1-2H3. The zero-order valence-corrected chi connectivity index (χ0v) is 12.1. The molecule has 2 N–H and O–H groups in total. The van der Waals surface area contributed by atoms with Crippen LogP contribution in [0.5, 0.6) is 0 Å². The van der Waals surface area contributed by atoms with E-state index in [1.165, 1.54) is 4.31 Å². The van der Waals surface area contributed by atoms with Crippen molar-refractivity contribution in [2.24, 2.45) is 0 Å². The molecule has 1 fully saturated rings. The predicted molar refractivity (Wildman–Crippen MR) is 71.7 cm³/mol. The molecular weight excluding hydrogens is 254 g/mol. The number of nitrogens with one attached hydrogen (secondary N) is 2. The highest BCUT2D eigenvalue weighted by Gasteiger charge is 2.22. The van der Waals surface area contributed by atoms with E-state index < -0.39 is 10.2 Å². The number of hydrogen-bond acceptors (Lipinski definition) is 4. The third kappa shape index (κ3) is 6.10. The van der Waals surface area contributed by atoms with Crippen LogP contribution in [0.1, 0.15) is 26.7 Å². The molecule has 108 valence electrons. The summed E-state index contributed by atoms with van der Waals surface area (Å²) in [6.45, 7) is 7.70. The van der Waals surface area contributed by atoms with Gasteiger partial charge in [0.2, 0.25) is 0 Å². The van der Waals surface area contributed by atoms with Crippen molar-refractivity contribution in [3.8, 4) is 0 Å². The van der Waals surface area contributed by atoms with Gasteiger partial charge in [-0.3, -0.25) is 0 Å². The maximum Gasteiger partial charge on any atom is 0.279 e. The molecule has 1 rings (SSSR count). The van der Waals surface area contributed by atoms with Crippen LogP contribution in [-0.2, 0) is 14.9 Å². The molecule has 1 aliphatic heterocycles. The van der Waals surface area contributed by atoms with Crippen LogP contribution in [0.15, 0.2) is 0 Å². The number of piperazine rings is 1. The van der Waals surface area contributed by atoms with E-state index in [4.69, 9.17) is 4.74 Å². The van der Waals surface area contributed by atoms with Crippen LogP contribution in [0.4, 0.5) is 0 Å². The number of hydrogen-bond donors (Lipinski definition) is 2. The lowest BCUT2D eigenvalue weighted by Gasteiger charge is -2.26. The highest BCUT2D eigenvalue weighted by atomic mass is 32.2. The van der Waals surface area contributed by atoms with E-state index in [0.717, 1.165) is 25.9 Å². The summed E-state index contributed by atoms with van der Waals surface area (Å²) in [5.41, 5.74) is 0. The third-order valence-electron chi connectivity index (χ3n) is 2.72. The fourth-order valence-electron chi connectivity index (χ4n) is 1.72. The van der Waals surface area contributed by atoms with Crippen LogP contribution in [0.2, 0.25) is 0 Å². The SMILES string of the molecule is CC(C)OCCCCNS(=O)(=O)N1CCNCC1. The molecule has 0 atom stereocenters. The van der Waals surface area contributed by atoms with Crippen LogP contribution in [0, 0.1) is 0 Å². The maximum absolute atomic E-state index is 11.9. The van der Waals surface area contributed by atoms with Gasteiger partial charge in [-0.25, -0.2) is 4.72 Å². The first-order valence-electron chi connectivity index (χ1n) is 6.59. The fourth-order valence-corrected chi connectivity index (χ4v) is 2.97. The molecule has 0 saturated carbocycles. The highest BCUT2D eigenvalue weighted by molar-refractivity contribution is 7.87. The largest absolute Gasteiger partial charge is 0.379 e. The van der Waals surface area contributed by atoms with Gasteiger partial charge in [0, 0.05) is 39.3 Å². The summed E-state index contributed by atoms with van der Waals surface area (Å²) in [5, 5.41) is 3.13. The molecule has 0 aromatic rings. The van der Waals surface area contributed by atoms with E-state index in [1.807, 2.05) is 13.8 Å². The molecule has 0 aliphatic carbocycles. The van der Waals surface area contributed by atoms with Gasteiger partial charge < -0.3 is 10.1 Å². The van der Waals surface area contributed by atoms with Crippen LogP contribution in [-0.4, -0.2) is 58.2 Å². The monoisotopic (exact) mass is 279 g/mol. The molecule has 0 bridgehead atoms. The zero-order chi connectivity index (χ0) is 13.4. The van der Waals surface area contributed by atoms with Crippen molar-refractivity contribution in [1.29, 1.82) is 0 Å². The summed E-state index contributed by atoms with van der Waals surface area (Å²) in [6, 6.07) is 0. The van der Waals surface area contributed by atoms with Crippen LogP contribution in [0.25, 0.3) is 0 Å². The molecule has 0 unspecified atom stereocenters. The summed E-state index contributed by atoms with van der Waals surface area (Å²) in [4.78, 5) is 0. The summed E-state index contributed by atoms with van der Waals surface area (Å²) in [5.74, 6) is 0.